The molecule has 0 radical (unpaired) electrons. The van der Waals surface area contributed by atoms with Crippen molar-refractivity contribution in [1.29, 1.82) is 0 Å². The van der Waals surface area contributed by atoms with Crippen molar-refractivity contribution in [2.45, 2.75) is 18.8 Å². The van der Waals surface area contributed by atoms with E-state index in [2.05, 4.69) is 6.58 Å². The second kappa shape index (κ2) is 11.2. The number of carboxylic acids is 2. The summed E-state index contributed by atoms with van der Waals surface area (Å²) in [6, 6.07) is 9.61. The number of carbonyl (C=O) groups is 2. The molecule has 1 atom stereocenters. The van der Waals surface area contributed by atoms with Crippen molar-refractivity contribution in [1.82, 2.24) is 0 Å². The zero-order chi connectivity index (χ0) is 20.6. The lowest BCUT2D eigenvalue weighted by Crippen LogP contribution is -2.10. The van der Waals surface area contributed by atoms with Crippen molar-refractivity contribution in [3.05, 3.63) is 80.3 Å². The fraction of sp³-hybridized carbons (Fsp3) is 0.158. The van der Waals surface area contributed by atoms with Crippen molar-refractivity contribution in [3.63, 3.8) is 0 Å². The summed E-state index contributed by atoms with van der Waals surface area (Å²) >= 11 is 22.9. The minimum absolute atomic E-state index is 0.0309. The van der Waals surface area contributed by atoms with E-state index in [-0.39, 0.29) is 6.42 Å². The first-order chi connectivity index (χ1) is 12.6. The standard InChI is InChI=1S/C11H10Cl2O2.C8H6Cl2O2/c1-2-3-8(11(14)15)7-4-5-9(12)10(13)6-7;9-6-2-1-5(3-7(6)10)4-8(11)12/h2,4-6,8H,1,3H2,(H,14,15);1-3H,4H2,(H,11,12). The lowest BCUT2D eigenvalue weighted by atomic mass is 9.96. The zero-order valence-corrected chi connectivity index (χ0v) is 17.0. The van der Waals surface area contributed by atoms with E-state index in [1.807, 2.05) is 0 Å². The Bertz CT molecular complexity index is 836. The van der Waals surface area contributed by atoms with E-state index >= 15 is 0 Å². The van der Waals surface area contributed by atoms with Crippen LogP contribution in [-0.2, 0) is 16.0 Å². The number of benzene rings is 2. The van der Waals surface area contributed by atoms with Crippen LogP contribution in [0.5, 0.6) is 0 Å². The maximum Gasteiger partial charge on any atom is 0.311 e. The number of carboxylic acid groups (broad SMARTS) is 2. The van der Waals surface area contributed by atoms with E-state index in [1.54, 1.807) is 42.5 Å². The van der Waals surface area contributed by atoms with Crippen LogP contribution in [0.25, 0.3) is 0 Å². The summed E-state index contributed by atoms with van der Waals surface area (Å²) in [5.74, 6) is -2.39. The quantitative estimate of drug-likeness (QED) is 0.503. The van der Waals surface area contributed by atoms with Gasteiger partial charge in [-0.05, 0) is 41.8 Å². The van der Waals surface area contributed by atoms with Gasteiger partial charge in [-0.2, -0.15) is 0 Å². The lowest BCUT2D eigenvalue weighted by Gasteiger charge is -2.10. The fourth-order valence-electron chi connectivity index (χ4n) is 2.10. The molecule has 8 heteroatoms. The topological polar surface area (TPSA) is 74.6 Å². The molecule has 0 saturated carbocycles. The van der Waals surface area contributed by atoms with Crippen LogP contribution in [-0.4, -0.2) is 22.2 Å². The van der Waals surface area contributed by atoms with Gasteiger partial charge in [0.25, 0.3) is 0 Å². The third kappa shape index (κ3) is 7.81. The molecule has 0 aliphatic rings. The Morgan fingerprint density at radius 3 is 1.93 bits per heavy atom. The molecule has 0 bridgehead atoms. The molecule has 2 N–H and O–H groups in total. The average molecular weight is 450 g/mol. The smallest absolute Gasteiger partial charge is 0.311 e. The number of rotatable bonds is 6. The Morgan fingerprint density at radius 2 is 1.48 bits per heavy atom. The van der Waals surface area contributed by atoms with E-state index in [0.29, 0.717) is 37.6 Å². The van der Waals surface area contributed by atoms with Crippen molar-refractivity contribution in [2.75, 3.05) is 0 Å². The molecule has 2 rings (SSSR count). The Labute approximate surface area is 176 Å². The molecule has 2 aromatic carbocycles. The molecule has 27 heavy (non-hydrogen) atoms. The van der Waals surface area contributed by atoms with Gasteiger partial charge >= 0.3 is 11.9 Å². The van der Waals surface area contributed by atoms with Crippen molar-refractivity contribution in [2.24, 2.45) is 0 Å². The molecular formula is C19H16Cl4O4. The zero-order valence-electron chi connectivity index (χ0n) is 14.0. The molecule has 0 amide bonds. The second-order valence-corrected chi connectivity index (χ2v) is 7.04. The van der Waals surface area contributed by atoms with E-state index in [4.69, 9.17) is 56.6 Å². The molecule has 0 spiro atoms. The van der Waals surface area contributed by atoms with Crippen LogP contribution < -0.4 is 0 Å². The molecule has 4 nitrogen and oxygen atoms in total. The van der Waals surface area contributed by atoms with Crippen LogP contribution >= 0.6 is 46.4 Å². The summed E-state index contributed by atoms with van der Waals surface area (Å²) in [6.07, 6.45) is 1.91. The minimum Gasteiger partial charge on any atom is -0.481 e. The molecule has 0 fully saturated rings. The first kappa shape index (κ1) is 23.3. The fourth-order valence-corrected chi connectivity index (χ4v) is 2.73. The highest BCUT2D eigenvalue weighted by Gasteiger charge is 2.18. The molecule has 0 saturated heterocycles. The van der Waals surface area contributed by atoms with Crippen LogP contribution in [0.1, 0.15) is 23.5 Å². The van der Waals surface area contributed by atoms with E-state index in [1.165, 1.54) is 0 Å². The highest BCUT2D eigenvalue weighted by atomic mass is 35.5. The van der Waals surface area contributed by atoms with Crippen molar-refractivity contribution < 1.29 is 19.8 Å². The predicted octanol–water partition coefficient (Wildman–Crippen LogP) is 6.36. The summed E-state index contributed by atoms with van der Waals surface area (Å²) in [4.78, 5) is 21.3. The average Bonchev–Trinajstić information content (AvgIpc) is 2.58. The number of allylic oxidation sites excluding steroid dienone is 1. The third-order valence-corrected chi connectivity index (χ3v) is 4.86. The Hall–Kier alpha value is -1.72. The van der Waals surface area contributed by atoms with Crippen LogP contribution in [0.3, 0.4) is 0 Å². The molecule has 144 valence electrons. The predicted molar refractivity (Wildman–Crippen MR) is 109 cm³/mol. The van der Waals surface area contributed by atoms with Gasteiger partial charge in [0.1, 0.15) is 0 Å². The van der Waals surface area contributed by atoms with E-state index < -0.39 is 17.9 Å². The monoisotopic (exact) mass is 448 g/mol. The largest absolute Gasteiger partial charge is 0.481 e. The lowest BCUT2D eigenvalue weighted by molar-refractivity contribution is -0.139. The molecule has 0 aliphatic heterocycles. The van der Waals surface area contributed by atoms with E-state index in [9.17, 15) is 9.59 Å². The van der Waals surface area contributed by atoms with Gasteiger partial charge in [-0.3, -0.25) is 9.59 Å². The van der Waals surface area contributed by atoms with Gasteiger partial charge < -0.3 is 10.2 Å². The first-order valence-electron chi connectivity index (χ1n) is 7.60. The Morgan fingerprint density at radius 1 is 0.926 bits per heavy atom. The summed E-state index contributed by atoms with van der Waals surface area (Å²) in [5, 5.41) is 19.1. The minimum atomic E-state index is -0.895. The Balaban J connectivity index is 0.000000277. The highest BCUT2D eigenvalue weighted by molar-refractivity contribution is 6.42. The maximum atomic E-state index is 11.0. The maximum absolute atomic E-state index is 11.0. The number of aliphatic carboxylic acids is 2. The number of hydrogen-bond donors (Lipinski definition) is 2. The molecular weight excluding hydrogens is 434 g/mol. The van der Waals surface area contributed by atoms with Gasteiger partial charge in [0.15, 0.2) is 0 Å². The summed E-state index contributed by atoms with van der Waals surface area (Å²) in [5.41, 5.74) is 1.29. The molecule has 0 aromatic heterocycles. The summed E-state index contributed by atoms with van der Waals surface area (Å²) < 4.78 is 0. The van der Waals surface area contributed by atoms with E-state index in [0.717, 1.165) is 0 Å². The van der Waals surface area contributed by atoms with Crippen LogP contribution in [0.2, 0.25) is 20.1 Å². The SMILES string of the molecule is C=CCC(C(=O)O)c1ccc(Cl)c(Cl)c1.O=C(O)Cc1ccc(Cl)c(Cl)c1. The Kier molecular flexibility index (Phi) is 9.67. The van der Waals surface area contributed by atoms with Crippen molar-refractivity contribution in [3.8, 4) is 0 Å². The molecule has 2 aromatic rings. The molecule has 0 heterocycles. The second-order valence-electron chi connectivity index (χ2n) is 5.41. The molecule has 0 aliphatic carbocycles. The van der Waals surface area contributed by atoms with Crippen LogP contribution in [0, 0.1) is 0 Å². The van der Waals surface area contributed by atoms with Gasteiger partial charge in [-0.15, -0.1) is 6.58 Å². The van der Waals surface area contributed by atoms with Gasteiger partial charge in [-0.1, -0.05) is 64.6 Å². The molecule has 1 unspecified atom stereocenters. The van der Waals surface area contributed by atoms with Gasteiger partial charge in [0, 0.05) is 0 Å². The summed E-state index contributed by atoms with van der Waals surface area (Å²) in [7, 11) is 0. The van der Waals surface area contributed by atoms with Crippen LogP contribution in [0.15, 0.2) is 49.1 Å². The van der Waals surface area contributed by atoms with Gasteiger partial charge in [0.2, 0.25) is 0 Å². The number of halogens is 4. The first-order valence-corrected chi connectivity index (χ1v) is 9.11. The van der Waals surface area contributed by atoms with Crippen LogP contribution in [0.4, 0.5) is 0 Å². The normalized spacial score (nSPS) is 11.1. The highest BCUT2D eigenvalue weighted by Crippen LogP contribution is 2.28. The van der Waals surface area contributed by atoms with Crippen molar-refractivity contribution >= 4 is 58.3 Å². The summed E-state index contributed by atoms with van der Waals surface area (Å²) in [6.45, 7) is 3.53. The van der Waals surface area contributed by atoms with Gasteiger partial charge in [-0.25, -0.2) is 0 Å². The third-order valence-electron chi connectivity index (χ3n) is 3.39. The van der Waals surface area contributed by atoms with Gasteiger partial charge in [0.05, 0.1) is 32.4 Å². The number of hydrogen-bond acceptors (Lipinski definition) is 2.